The molecule has 1 aromatic heterocycles. The summed E-state index contributed by atoms with van der Waals surface area (Å²) < 4.78 is 32.6. The van der Waals surface area contributed by atoms with Crippen molar-refractivity contribution in [2.75, 3.05) is 6.54 Å². The number of nitrogens with two attached hydrogens (primary N) is 1. The largest absolute Gasteiger partial charge is 0.356 e. The lowest BCUT2D eigenvalue weighted by atomic mass is 9.94. The first kappa shape index (κ1) is 9.72. The molecule has 0 radical (unpaired) electrons. The van der Waals surface area contributed by atoms with Gasteiger partial charge in [-0.3, -0.25) is 0 Å². The van der Waals surface area contributed by atoms with Crippen LogP contribution in [0.5, 0.6) is 0 Å². The summed E-state index contributed by atoms with van der Waals surface area (Å²) in [5.74, 6) is -1.18. The van der Waals surface area contributed by atoms with E-state index in [2.05, 4.69) is 5.16 Å². The van der Waals surface area contributed by atoms with E-state index in [-0.39, 0.29) is 23.1 Å². The third kappa shape index (κ3) is 1.12. The number of nitrogens with zero attached hydrogens (tertiary/aromatic N) is 1. The Bertz CT molecular complexity index is 560. The molecule has 16 heavy (non-hydrogen) atoms. The molecule has 1 fully saturated rings. The molecule has 84 valence electrons. The van der Waals surface area contributed by atoms with Gasteiger partial charge in [0.1, 0.15) is 11.6 Å². The van der Waals surface area contributed by atoms with Gasteiger partial charge in [0.05, 0.1) is 11.6 Å². The van der Waals surface area contributed by atoms with Crippen LogP contribution in [0.2, 0.25) is 0 Å². The van der Waals surface area contributed by atoms with Crippen molar-refractivity contribution in [1.82, 2.24) is 5.16 Å². The molecule has 5 heteroatoms. The molecule has 0 atom stereocenters. The molecule has 0 saturated heterocycles. The summed E-state index contributed by atoms with van der Waals surface area (Å²) in [6.07, 6.45) is 2.72. The van der Waals surface area contributed by atoms with Gasteiger partial charge in [-0.25, -0.2) is 8.78 Å². The van der Waals surface area contributed by atoms with E-state index in [9.17, 15) is 8.78 Å². The zero-order valence-corrected chi connectivity index (χ0v) is 8.46. The van der Waals surface area contributed by atoms with Crippen molar-refractivity contribution in [2.45, 2.75) is 18.3 Å². The predicted octanol–water partition coefficient (Wildman–Crippen LogP) is 2.10. The van der Waals surface area contributed by atoms with Gasteiger partial charge in [-0.15, -0.1) is 0 Å². The smallest absolute Gasteiger partial charge is 0.172 e. The molecule has 1 heterocycles. The Morgan fingerprint density at radius 1 is 1.44 bits per heavy atom. The molecule has 0 bridgehead atoms. The number of hydrogen-bond donors (Lipinski definition) is 1. The van der Waals surface area contributed by atoms with Gasteiger partial charge in [-0.2, -0.15) is 0 Å². The van der Waals surface area contributed by atoms with Crippen LogP contribution in [0.1, 0.15) is 18.4 Å². The highest BCUT2D eigenvalue weighted by Gasteiger charge is 2.47. The van der Waals surface area contributed by atoms with Crippen molar-refractivity contribution in [3.8, 4) is 0 Å². The summed E-state index contributed by atoms with van der Waals surface area (Å²) in [6.45, 7) is 0.262. The van der Waals surface area contributed by atoms with Crippen LogP contribution in [-0.2, 0) is 5.41 Å². The van der Waals surface area contributed by atoms with Crippen molar-refractivity contribution in [2.24, 2.45) is 5.73 Å². The van der Waals surface area contributed by atoms with Crippen molar-refractivity contribution >= 4 is 11.0 Å². The predicted molar refractivity (Wildman–Crippen MR) is 53.9 cm³/mol. The summed E-state index contributed by atoms with van der Waals surface area (Å²) in [6, 6.07) is 1.18. The second kappa shape index (κ2) is 3.01. The summed E-state index contributed by atoms with van der Waals surface area (Å²) >= 11 is 0. The zero-order chi connectivity index (χ0) is 11.3. The maximum Gasteiger partial charge on any atom is 0.172 e. The third-order valence-electron chi connectivity index (χ3n) is 3.33. The topological polar surface area (TPSA) is 52.0 Å². The van der Waals surface area contributed by atoms with Crippen molar-refractivity contribution in [3.05, 3.63) is 29.5 Å². The van der Waals surface area contributed by atoms with E-state index < -0.39 is 17.0 Å². The molecule has 0 aliphatic heterocycles. The van der Waals surface area contributed by atoms with Crippen LogP contribution in [0, 0.1) is 11.6 Å². The van der Waals surface area contributed by atoms with Crippen molar-refractivity contribution < 1.29 is 13.3 Å². The second-order valence-electron chi connectivity index (χ2n) is 4.27. The van der Waals surface area contributed by atoms with Gasteiger partial charge in [0.2, 0.25) is 0 Å². The van der Waals surface area contributed by atoms with Gasteiger partial charge >= 0.3 is 0 Å². The van der Waals surface area contributed by atoms with Gasteiger partial charge in [-0.05, 0) is 12.8 Å². The Labute approximate surface area is 90.2 Å². The zero-order valence-electron chi connectivity index (χ0n) is 8.46. The fourth-order valence-electron chi connectivity index (χ4n) is 2.14. The van der Waals surface area contributed by atoms with E-state index in [0.717, 1.165) is 12.8 Å². The molecule has 0 amide bonds. The van der Waals surface area contributed by atoms with Gasteiger partial charge < -0.3 is 10.3 Å². The number of rotatable bonds is 2. The van der Waals surface area contributed by atoms with E-state index in [1.54, 1.807) is 0 Å². The first-order valence-corrected chi connectivity index (χ1v) is 5.11. The summed E-state index contributed by atoms with van der Waals surface area (Å²) in [5, 5.41) is 3.68. The molecule has 1 saturated carbocycles. The lowest BCUT2D eigenvalue weighted by Crippen LogP contribution is -2.22. The van der Waals surface area contributed by atoms with E-state index in [1.807, 2.05) is 0 Å². The standard InChI is InChI=1S/C11H10F2N2O/c12-7-3-8-6(4-15-16-8)10(13)9(7)11(5-14)1-2-11/h3-4H,1-2,5,14H2. The Balaban J connectivity index is 2.31. The minimum atomic E-state index is -0.593. The molecule has 1 aliphatic carbocycles. The normalized spacial score (nSPS) is 17.9. The molecule has 3 rings (SSSR count). The minimum Gasteiger partial charge on any atom is -0.356 e. The molecule has 0 spiro atoms. The van der Waals surface area contributed by atoms with E-state index in [0.29, 0.717) is 0 Å². The highest BCUT2D eigenvalue weighted by Crippen LogP contribution is 2.50. The maximum atomic E-state index is 14.1. The quantitative estimate of drug-likeness (QED) is 0.849. The van der Waals surface area contributed by atoms with Crippen LogP contribution in [0.25, 0.3) is 11.0 Å². The molecule has 2 aromatic rings. The number of hydrogen-bond acceptors (Lipinski definition) is 3. The molecule has 2 N–H and O–H groups in total. The molecule has 1 aromatic carbocycles. The number of aromatic nitrogens is 1. The van der Waals surface area contributed by atoms with Gasteiger partial charge in [0.25, 0.3) is 0 Å². The average Bonchev–Trinajstić information content (AvgIpc) is 2.89. The monoisotopic (exact) mass is 224 g/mol. The Hall–Kier alpha value is -1.49. The van der Waals surface area contributed by atoms with Crippen LogP contribution in [0.15, 0.2) is 16.8 Å². The first-order valence-electron chi connectivity index (χ1n) is 5.11. The highest BCUT2D eigenvalue weighted by atomic mass is 19.1. The number of benzene rings is 1. The third-order valence-corrected chi connectivity index (χ3v) is 3.33. The van der Waals surface area contributed by atoms with Crippen LogP contribution in [0.4, 0.5) is 8.78 Å². The summed E-state index contributed by atoms with van der Waals surface area (Å²) in [5.41, 5.74) is 5.29. The number of fused-ring (bicyclic) bond motifs is 1. The van der Waals surface area contributed by atoms with E-state index in [4.69, 9.17) is 10.3 Å². The highest BCUT2D eigenvalue weighted by molar-refractivity contribution is 5.78. The Kier molecular flexibility index (Phi) is 1.83. The van der Waals surface area contributed by atoms with Crippen molar-refractivity contribution in [1.29, 1.82) is 0 Å². The number of halogens is 2. The van der Waals surface area contributed by atoms with Crippen LogP contribution in [0.3, 0.4) is 0 Å². The second-order valence-corrected chi connectivity index (χ2v) is 4.27. The molecule has 1 aliphatic rings. The van der Waals surface area contributed by atoms with Gasteiger partial charge in [0.15, 0.2) is 5.58 Å². The van der Waals surface area contributed by atoms with Crippen molar-refractivity contribution in [3.63, 3.8) is 0 Å². The average molecular weight is 224 g/mol. The summed E-state index contributed by atoms with van der Waals surface area (Å²) in [4.78, 5) is 0. The summed E-state index contributed by atoms with van der Waals surface area (Å²) in [7, 11) is 0. The van der Waals surface area contributed by atoms with Crippen LogP contribution >= 0.6 is 0 Å². The Morgan fingerprint density at radius 2 is 2.19 bits per heavy atom. The van der Waals surface area contributed by atoms with Crippen LogP contribution < -0.4 is 5.73 Å². The Morgan fingerprint density at radius 3 is 2.81 bits per heavy atom. The SMILES string of the molecule is NCC1(c2c(F)cc3oncc3c2F)CC1. The maximum absolute atomic E-state index is 14.1. The molecule has 0 unspecified atom stereocenters. The van der Waals surface area contributed by atoms with Gasteiger partial charge in [0, 0.05) is 23.6 Å². The van der Waals surface area contributed by atoms with Crippen LogP contribution in [-0.4, -0.2) is 11.7 Å². The van der Waals surface area contributed by atoms with E-state index >= 15 is 0 Å². The fraction of sp³-hybridized carbons (Fsp3) is 0.364. The lowest BCUT2D eigenvalue weighted by molar-refractivity contribution is 0.452. The van der Waals surface area contributed by atoms with Gasteiger partial charge in [-0.1, -0.05) is 5.16 Å². The minimum absolute atomic E-state index is 0.0886. The lowest BCUT2D eigenvalue weighted by Gasteiger charge is -2.14. The molecule has 3 nitrogen and oxygen atoms in total. The molecular weight excluding hydrogens is 214 g/mol. The fourth-order valence-corrected chi connectivity index (χ4v) is 2.14. The molecular formula is C11H10F2N2O. The first-order chi connectivity index (χ1) is 7.68. The van der Waals surface area contributed by atoms with E-state index in [1.165, 1.54) is 12.3 Å².